The summed E-state index contributed by atoms with van der Waals surface area (Å²) in [7, 11) is 0. The zero-order chi connectivity index (χ0) is 13.9. The highest BCUT2D eigenvalue weighted by molar-refractivity contribution is 5.91. The summed E-state index contributed by atoms with van der Waals surface area (Å²) in [5.74, 6) is 0.386. The largest absolute Gasteiger partial charge is 0.361 e. The fraction of sp³-hybridized carbons (Fsp3) is 0.714. The van der Waals surface area contributed by atoms with E-state index in [0.717, 1.165) is 13.0 Å². The van der Waals surface area contributed by atoms with Crippen LogP contribution < -0.4 is 10.9 Å². The normalized spacial score (nSPS) is 10.6. The maximum absolute atomic E-state index is 11.6. The Hall–Kier alpha value is -1.36. The van der Waals surface area contributed by atoms with Gasteiger partial charge in [0.05, 0.1) is 0 Å². The van der Waals surface area contributed by atoms with E-state index in [2.05, 4.69) is 22.9 Å². The van der Waals surface area contributed by atoms with E-state index in [1.165, 1.54) is 38.5 Å². The van der Waals surface area contributed by atoms with Gasteiger partial charge in [0.25, 0.3) is 5.91 Å². The predicted molar refractivity (Wildman–Crippen MR) is 74.7 cm³/mol. The molecule has 19 heavy (non-hydrogen) atoms. The summed E-state index contributed by atoms with van der Waals surface area (Å²) in [5.41, 5.74) is 5.84. The number of hydrogen-bond acceptors (Lipinski definition) is 4. The molecule has 0 spiro atoms. The highest BCUT2D eigenvalue weighted by Crippen LogP contribution is 2.06. The molecule has 0 radical (unpaired) electrons. The third kappa shape index (κ3) is 6.96. The van der Waals surface area contributed by atoms with E-state index in [0.29, 0.717) is 11.5 Å². The Morgan fingerprint density at radius 2 is 1.89 bits per heavy atom. The van der Waals surface area contributed by atoms with Crippen molar-refractivity contribution in [1.82, 2.24) is 16.0 Å². The summed E-state index contributed by atoms with van der Waals surface area (Å²) in [6.07, 6.45) is 8.84. The molecular formula is C14H25N3O2. The molecule has 0 aliphatic carbocycles. The van der Waals surface area contributed by atoms with Crippen LogP contribution in [0.15, 0.2) is 10.6 Å². The number of carbonyl (C=O) groups excluding carboxylic acids is 1. The first-order chi connectivity index (χ1) is 9.24. The van der Waals surface area contributed by atoms with Crippen molar-refractivity contribution in [1.29, 1.82) is 0 Å². The number of rotatable bonds is 10. The third-order valence-electron chi connectivity index (χ3n) is 2.97. The number of hydrogen-bond donors (Lipinski definition) is 2. The zero-order valence-corrected chi connectivity index (χ0v) is 12.0. The van der Waals surface area contributed by atoms with Crippen molar-refractivity contribution in [2.75, 3.05) is 6.54 Å². The van der Waals surface area contributed by atoms with Crippen LogP contribution in [-0.4, -0.2) is 17.6 Å². The molecule has 0 saturated heterocycles. The highest BCUT2D eigenvalue weighted by atomic mass is 16.5. The lowest BCUT2D eigenvalue weighted by Gasteiger charge is -2.05. The molecule has 0 saturated carbocycles. The standard InChI is InChI=1S/C14H25N3O2/c1-3-4-5-6-7-8-9-10-15-16-14(18)13-11-12(2)19-17-13/h11,15H,3-10H2,1-2H3,(H,16,18). The van der Waals surface area contributed by atoms with Crippen LogP contribution in [0, 0.1) is 6.92 Å². The van der Waals surface area contributed by atoms with Gasteiger partial charge in [-0.15, -0.1) is 0 Å². The van der Waals surface area contributed by atoms with Crippen molar-refractivity contribution >= 4 is 5.91 Å². The average molecular weight is 267 g/mol. The van der Waals surface area contributed by atoms with Gasteiger partial charge in [-0.1, -0.05) is 50.6 Å². The Labute approximate surface area is 115 Å². The predicted octanol–water partition coefficient (Wildman–Crippen LogP) is 2.97. The van der Waals surface area contributed by atoms with Gasteiger partial charge in [0, 0.05) is 12.6 Å². The van der Waals surface area contributed by atoms with Crippen LogP contribution in [0.3, 0.4) is 0 Å². The van der Waals surface area contributed by atoms with Crippen LogP contribution in [0.1, 0.15) is 68.1 Å². The SMILES string of the molecule is CCCCCCCCCNNC(=O)c1cc(C)on1. The second kappa shape index (κ2) is 9.55. The second-order valence-electron chi connectivity index (χ2n) is 4.83. The molecule has 0 fully saturated rings. The zero-order valence-electron chi connectivity index (χ0n) is 12.0. The summed E-state index contributed by atoms with van der Waals surface area (Å²) in [6, 6.07) is 1.62. The highest BCUT2D eigenvalue weighted by Gasteiger charge is 2.09. The first-order valence-corrected chi connectivity index (χ1v) is 7.20. The molecule has 2 N–H and O–H groups in total. The second-order valence-corrected chi connectivity index (χ2v) is 4.83. The molecule has 0 unspecified atom stereocenters. The molecule has 108 valence electrons. The summed E-state index contributed by atoms with van der Waals surface area (Å²) in [5, 5.41) is 3.65. The Morgan fingerprint density at radius 3 is 2.53 bits per heavy atom. The van der Waals surface area contributed by atoms with Gasteiger partial charge in [0.2, 0.25) is 0 Å². The lowest BCUT2D eigenvalue weighted by Crippen LogP contribution is -2.38. The lowest BCUT2D eigenvalue weighted by molar-refractivity contribution is 0.0924. The molecule has 1 aromatic heterocycles. The van der Waals surface area contributed by atoms with Crippen LogP contribution in [-0.2, 0) is 0 Å². The van der Waals surface area contributed by atoms with Gasteiger partial charge in [-0.25, -0.2) is 5.43 Å². The first-order valence-electron chi connectivity index (χ1n) is 7.20. The molecule has 5 heteroatoms. The molecule has 0 aliphatic rings. The number of carbonyl (C=O) groups is 1. The minimum atomic E-state index is -0.250. The number of nitrogens with zero attached hydrogens (tertiary/aromatic N) is 1. The summed E-state index contributed by atoms with van der Waals surface area (Å²) in [6.45, 7) is 4.77. The number of amides is 1. The van der Waals surface area contributed by atoms with Gasteiger partial charge in [-0.2, -0.15) is 0 Å². The minimum Gasteiger partial charge on any atom is -0.361 e. The van der Waals surface area contributed by atoms with E-state index in [-0.39, 0.29) is 5.91 Å². The van der Waals surface area contributed by atoms with Crippen molar-refractivity contribution in [3.63, 3.8) is 0 Å². The monoisotopic (exact) mass is 267 g/mol. The van der Waals surface area contributed by atoms with Crippen LogP contribution in [0.25, 0.3) is 0 Å². The topological polar surface area (TPSA) is 67.2 Å². The molecule has 1 aromatic rings. The van der Waals surface area contributed by atoms with E-state index in [4.69, 9.17) is 4.52 Å². The minimum absolute atomic E-state index is 0.250. The molecule has 0 atom stereocenters. The van der Waals surface area contributed by atoms with Gasteiger partial charge in [0.15, 0.2) is 5.69 Å². The van der Waals surface area contributed by atoms with Crippen LogP contribution >= 0.6 is 0 Å². The number of unbranched alkanes of at least 4 members (excludes halogenated alkanes) is 6. The average Bonchev–Trinajstić information content (AvgIpc) is 2.83. The Morgan fingerprint density at radius 1 is 1.21 bits per heavy atom. The van der Waals surface area contributed by atoms with Gasteiger partial charge < -0.3 is 4.52 Å². The fourth-order valence-corrected chi connectivity index (χ4v) is 1.85. The molecular weight excluding hydrogens is 242 g/mol. The third-order valence-corrected chi connectivity index (χ3v) is 2.97. The molecule has 0 aliphatic heterocycles. The van der Waals surface area contributed by atoms with Gasteiger partial charge >= 0.3 is 0 Å². The molecule has 1 amide bonds. The van der Waals surface area contributed by atoms with E-state index < -0.39 is 0 Å². The van der Waals surface area contributed by atoms with Crippen molar-refractivity contribution < 1.29 is 9.32 Å². The van der Waals surface area contributed by atoms with Crippen molar-refractivity contribution in [3.8, 4) is 0 Å². The smallest absolute Gasteiger partial charge is 0.287 e. The van der Waals surface area contributed by atoms with Crippen molar-refractivity contribution in [2.24, 2.45) is 0 Å². The summed E-state index contributed by atoms with van der Waals surface area (Å²) >= 11 is 0. The first kappa shape index (κ1) is 15.7. The van der Waals surface area contributed by atoms with Gasteiger partial charge in [-0.3, -0.25) is 10.2 Å². The molecule has 1 heterocycles. The number of aromatic nitrogens is 1. The van der Waals surface area contributed by atoms with Crippen molar-refractivity contribution in [2.45, 2.75) is 58.8 Å². The molecule has 1 rings (SSSR count). The summed E-state index contributed by atoms with van der Waals surface area (Å²) in [4.78, 5) is 11.6. The van der Waals surface area contributed by atoms with Crippen LogP contribution in [0.5, 0.6) is 0 Å². The Kier molecular flexibility index (Phi) is 7.89. The van der Waals surface area contributed by atoms with Crippen LogP contribution in [0.4, 0.5) is 0 Å². The number of aryl methyl sites for hydroxylation is 1. The maximum atomic E-state index is 11.6. The number of hydrazine groups is 1. The Balaban J connectivity index is 1.95. The fourth-order valence-electron chi connectivity index (χ4n) is 1.85. The maximum Gasteiger partial charge on any atom is 0.287 e. The molecule has 5 nitrogen and oxygen atoms in total. The van der Waals surface area contributed by atoms with E-state index >= 15 is 0 Å². The quantitative estimate of drug-likeness (QED) is 0.505. The summed E-state index contributed by atoms with van der Waals surface area (Å²) < 4.78 is 4.84. The molecule has 0 bridgehead atoms. The number of nitrogens with one attached hydrogen (secondary N) is 2. The van der Waals surface area contributed by atoms with E-state index in [1.54, 1.807) is 13.0 Å². The van der Waals surface area contributed by atoms with E-state index in [9.17, 15) is 4.79 Å². The van der Waals surface area contributed by atoms with Gasteiger partial charge in [-0.05, 0) is 13.3 Å². The van der Waals surface area contributed by atoms with Gasteiger partial charge in [0.1, 0.15) is 5.76 Å². The van der Waals surface area contributed by atoms with Crippen molar-refractivity contribution in [3.05, 3.63) is 17.5 Å². The van der Waals surface area contributed by atoms with Crippen LogP contribution in [0.2, 0.25) is 0 Å². The van der Waals surface area contributed by atoms with E-state index in [1.807, 2.05) is 0 Å². The lowest BCUT2D eigenvalue weighted by atomic mass is 10.1. The Bertz CT molecular complexity index is 363. The molecule has 0 aromatic carbocycles.